The third-order valence-electron chi connectivity index (χ3n) is 5.60. The third-order valence-corrected chi connectivity index (χ3v) is 5.60. The Morgan fingerprint density at radius 2 is 1.65 bits per heavy atom. The second kappa shape index (κ2) is 10.5. The van der Waals surface area contributed by atoms with Crippen LogP contribution in [0.2, 0.25) is 0 Å². The Morgan fingerprint density at radius 3 is 2.35 bits per heavy atom. The van der Waals surface area contributed by atoms with Gasteiger partial charge >= 0.3 is 0 Å². The average molecular weight is 454 g/mol. The van der Waals surface area contributed by atoms with E-state index in [-0.39, 0.29) is 17.5 Å². The number of ether oxygens (including phenoxy) is 1. The van der Waals surface area contributed by atoms with E-state index < -0.39 is 0 Å². The lowest BCUT2D eigenvalue weighted by molar-refractivity contribution is -0.117. The summed E-state index contributed by atoms with van der Waals surface area (Å²) in [5.74, 6) is -0.0812. The van der Waals surface area contributed by atoms with Crippen LogP contribution in [0.3, 0.4) is 0 Å². The number of methoxy groups -OCH3 is 1. The number of fused-ring (bicyclic) bond motifs is 1. The minimum absolute atomic E-state index is 0.177. The Balaban J connectivity index is 1.65. The van der Waals surface area contributed by atoms with Gasteiger partial charge < -0.3 is 19.9 Å². The summed E-state index contributed by atoms with van der Waals surface area (Å²) in [6, 6.07) is 24.4. The first kappa shape index (κ1) is 22.9. The number of carbonyl (C=O) groups excluding carboxylic acids is 2. The molecular formula is C28H27N3O3. The molecule has 0 fully saturated rings. The molecule has 2 amide bonds. The van der Waals surface area contributed by atoms with Crippen LogP contribution in [0.5, 0.6) is 5.75 Å². The highest BCUT2D eigenvalue weighted by atomic mass is 16.5. The molecule has 0 saturated carbocycles. The summed E-state index contributed by atoms with van der Waals surface area (Å²) in [6.07, 6.45) is 3.73. The van der Waals surface area contributed by atoms with Gasteiger partial charge in [-0.3, -0.25) is 9.59 Å². The number of benzene rings is 3. The maximum atomic E-state index is 13.2. The number of carbonyl (C=O) groups is 2. The van der Waals surface area contributed by atoms with Crippen molar-refractivity contribution in [3.05, 3.63) is 107 Å². The number of hydrogen-bond acceptors (Lipinski definition) is 3. The summed E-state index contributed by atoms with van der Waals surface area (Å²) in [5.41, 5.74) is 3.51. The maximum absolute atomic E-state index is 13.2. The van der Waals surface area contributed by atoms with Gasteiger partial charge in [-0.1, -0.05) is 48.5 Å². The van der Waals surface area contributed by atoms with Crippen molar-refractivity contribution in [1.29, 1.82) is 0 Å². The largest absolute Gasteiger partial charge is 0.497 e. The molecule has 0 unspecified atom stereocenters. The number of rotatable bonds is 8. The number of aryl methyl sites for hydroxylation is 1. The van der Waals surface area contributed by atoms with E-state index in [1.165, 1.54) is 0 Å². The SMILES string of the molecule is CCn1cc(C=C(NC(=O)c2ccc(OC)cc2)C(=O)NCc2ccccc2)c2ccccc21. The van der Waals surface area contributed by atoms with Crippen molar-refractivity contribution in [2.24, 2.45) is 0 Å². The van der Waals surface area contributed by atoms with Crippen molar-refractivity contribution in [1.82, 2.24) is 15.2 Å². The second-order valence-corrected chi connectivity index (χ2v) is 7.80. The van der Waals surface area contributed by atoms with E-state index >= 15 is 0 Å². The summed E-state index contributed by atoms with van der Waals surface area (Å²) < 4.78 is 7.28. The van der Waals surface area contributed by atoms with Crippen molar-refractivity contribution >= 4 is 28.8 Å². The normalized spacial score (nSPS) is 11.3. The van der Waals surface area contributed by atoms with Gasteiger partial charge in [-0.15, -0.1) is 0 Å². The zero-order chi connectivity index (χ0) is 23.9. The maximum Gasteiger partial charge on any atom is 0.268 e. The standard InChI is InChI=1S/C28H27N3O3/c1-3-31-19-22(24-11-7-8-12-26(24)31)17-25(28(33)29-18-20-9-5-4-6-10-20)30-27(32)21-13-15-23(34-2)16-14-21/h4-17,19H,3,18H2,1-2H3,(H,29,33)(H,30,32). The molecule has 3 aromatic carbocycles. The zero-order valence-electron chi connectivity index (χ0n) is 19.2. The average Bonchev–Trinajstić information content (AvgIpc) is 3.25. The highest BCUT2D eigenvalue weighted by Crippen LogP contribution is 2.23. The van der Waals surface area contributed by atoms with Crippen LogP contribution >= 0.6 is 0 Å². The first-order chi connectivity index (χ1) is 16.6. The summed E-state index contributed by atoms with van der Waals surface area (Å²) in [4.78, 5) is 26.2. The Hall–Kier alpha value is -4.32. The molecule has 0 bridgehead atoms. The predicted molar refractivity (Wildman–Crippen MR) is 134 cm³/mol. The summed E-state index contributed by atoms with van der Waals surface area (Å²) in [5, 5.41) is 6.73. The Labute approximate surface area is 198 Å². The molecule has 6 heteroatoms. The van der Waals surface area contributed by atoms with Crippen LogP contribution in [-0.4, -0.2) is 23.5 Å². The van der Waals surface area contributed by atoms with Crippen LogP contribution in [0, 0.1) is 0 Å². The van der Waals surface area contributed by atoms with Gasteiger partial charge in [0, 0.05) is 41.3 Å². The number of nitrogens with zero attached hydrogens (tertiary/aromatic N) is 1. The van der Waals surface area contributed by atoms with Crippen molar-refractivity contribution in [2.75, 3.05) is 7.11 Å². The topological polar surface area (TPSA) is 72.4 Å². The lowest BCUT2D eigenvalue weighted by atomic mass is 10.1. The van der Waals surface area contributed by atoms with Gasteiger partial charge in [-0.05, 0) is 48.9 Å². The molecule has 0 radical (unpaired) electrons. The van der Waals surface area contributed by atoms with E-state index in [1.54, 1.807) is 37.5 Å². The summed E-state index contributed by atoms with van der Waals surface area (Å²) in [6.45, 7) is 3.22. The molecule has 172 valence electrons. The van der Waals surface area contributed by atoms with Crippen LogP contribution in [0.1, 0.15) is 28.4 Å². The van der Waals surface area contributed by atoms with Crippen LogP contribution in [0.4, 0.5) is 0 Å². The predicted octanol–water partition coefficient (Wildman–Crippen LogP) is 4.76. The summed E-state index contributed by atoms with van der Waals surface area (Å²) >= 11 is 0. The molecule has 0 aliphatic heterocycles. The monoisotopic (exact) mass is 453 g/mol. The zero-order valence-corrected chi connectivity index (χ0v) is 19.2. The number of para-hydroxylation sites is 1. The van der Waals surface area contributed by atoms with Crippen LogP contribution in [-0.2, 0) is 17.9 Å². The van der Waals surface area contributed by atoms with Gasteiger partial charge in [0.25, 0.3) is 11.8 Å². The number of amides is 2. The van der Waals surface area contributed by atoms with Gasteiger partial charge in [0.05, 0.1) is 7.11 Å². The van der Waals surface area contributed by atoms with Crippen LogP contribution in [0.15, 0.2) is 90.8 Å². The second-order valence-electron chi connectivity index (χ2n) is 7.80. The molecule has 4 aromatic rings. The molecule has 1 heterocycles. The molecule has 4 rings (SSSR count). The minimum Gasteiger partial charge on any atom is -0.497 e. The highest BCUT2D eigenvalue weighted by Gasteiger charge is 2.16. The summed E-state index contributed by atoms with van der Waals surface area (Å²) in [7, 11) is 1.57. The number of hydrogen-bond donors (Lipinski definition) is 2. The molecule has 6 nitrogen and oxygen atoms in total. The van der Waals surface area contributed by atoms with Gasteiger partial charge in [-0.25, -0.2) is 0 Å². The molecule has 0 spiro atoms. The van der Waals surface area contributed by atoms with Crippen molar-refractivity contribution in [3.8, 4) is 5.75 Å². The van der Waals surface area contributed by atoms with Gasteiger partial charge in [0.2, 0.25) is 0 Å². The van der Waals surface area contributed by atoms with Crippen molar-refractivity contribution in [3.63, 3.8) is 0 Å². The van der Waals surface area contributed by atoms with E-state index in [0.717, 1.165) is 28.6 Å². The number of aromatic nitrogens is 1. The number of nitrogens with one attached hydrogen (secondary N) is 2. The third kappa shape index (κ3) is 5.18. The Kier molecular flexibility index (Phi) is 7.08. The molecule has 1 aromatic heterocycles. The smallest absolute Gasteiger partial charge is 0.268 e. The van der Waals surface area contributed by atoms with Gasteiger partial charge in [0.15, 0.2) is 0 Å². The van der Waals surface area contributed by atoms with Gasteiger partial charge in [0.1, 0.15) is 11.4 Å². The fourth-order valence-electron chi connectivity index (χ4n) is 3.78. The molecule has 0 aliphatic carbocycles. The highest BCUT2D eigenvalue weighted by molar-refractivity contribution is 6.06. The lowest BCUT2D eigenvalue weighted by Gasteiger charge is -2.11. The molecule has 0 saturated heterocycles. The molecule has 0 atom stereocenters. The van der Waals surface area contributed by atoms with E-state index in [0.29, 0.717) is 17.9 Å². The van der Waals surface area contributed by atoms with E-state index in [2.05, 4.69) is 22.1 Å². The van der Waals surface area contributed by atoms with Crippen LogP contribution in [0.25, 0.3) is 17.0 Å². The minimum atomic E-state index is -0.372. The molecule has 0 aliphatic rings. The molecule has 34 heavy (non-hydrogen) atoms. The van der Waals surface area contributed by atoms with E-state index in [4.69, 9.17) is 4.74 Å². The fourth-order valence-corrected chi connectivity index (χ4v) is 3.78. The molecule has 2 N–H and O–H groups in total. The van der Waals surface area contributed by atoms with E-state index in [9.17, 15) is 9.59 Å². The quantitative estimate of drug-likeness (QED) is 0.378. The Morgan fingerprint density at radius 1 is 0.941 bits per heavy atom. The van der Waals surface area contributed by atoms with Crippen LogP contribution < -0.4 is 15.4 Å². The first-order valence-corrected chi connectivity index (χ1v) is 11.2. The van der Waals surface area contributed by atoms with E-state index in [1.807, 2.05) is 60.8 Å². The van der Waals surface area contributed by atoms with Gasteiger partial charge in [-0.2, -0.15) is 0 Å². The fraction of sp³-hybridized carbons (Fsp3) is 0.143. The lowest BCUT2D eigenvalue weighted by Crippen LogP contribution is -2.34. The first-order valence-electron chi connectivity index (χ1n) is 11.2. The van der Waals surface area contributed by atoms with Crippen molar-refractivity contribution < 1.29 is 14.3 Å². The Bertz CT molecular complexity index is 1320. The molecular weight excluding hydrogens is 426 g/mol. The van der Waals surface area contributed by atoms with Crippen molar-refractivity contribution in [2.45, 2.75) is 20.0 Å².